The van der Waals surface area contributed by atoms with E-state index >= 15 is 0 Å². The second-order valence-electron chi connectivity index (χ2n) is 4.28. The standard InChI is InChI=1S/C11H15ClN6OS/c1-17(6-8-2-3-10(12)20-8)4-5-18-7-9(15-16-18)11(19)14-13/h2-3,7H,4-6,13H2,1H3,(H,14,19). The number of hydrogen-bond donors (Lipinski definition) is 2. The molecule has 0 aliphatic heterocycles. The van der Waals surface area contributed by atoms with Crippen molar-refractivity contribution in [3.63, 3.8) is 0 Å². The van der Waals surface area contributed by atoms with Gasteiger partial charge in [0.15, 0.2) is 5.69 Å². The molecule has 0 unspecified atom stereocenters. The molecule has 2 aromatic heterocycles. The van der Waals surface area contributed by atoms with E-state index < -0.39 is 5.91 Å². The second kappa shape index (κ2) is 6.80. The van der Waals surface area contributed by atoms with E-state index in [0.717, 1.165) is 17.4 Å². The van der Waals surface area contributed by atoms with Crippen molar-refractivity contribution >= 4 is 28.8 Å². The summed E-state index contributed by atoms with van der Waals surface area (Å²) in [6.07, 6.45) is 1.57. The smallest absolute Gasteiger partial charge is 0.287 e. The zero-order chi connectivity index (χ0) is 14.5. The van der Waals surface area contributed by atoms with Gasteiger partial charge in [-0.3, -0.25) is 19.8 Å². The lowest BCUT2D eigenvalue weighted by atomic mass is 10.4. The molecule has 2 rings (SSSR count). The van der Waals surface area contributed by atoms with Crippen LogP contribution in [0, 0.1) is 0 Å². The zero-order valence-corrected chi connectivity index (χ0v) is 12.5. The van der Waals surface area contributed by atoms with Crippen LogP contribution in [0.15, 0.2) is 18.3 Å². The predicted octanol–water partition coefficient (Wildman–Crippen LogP) is 0.729. The van der Waals surface area contributed by atoms with Crippen molar-refractivity contribution in [1.82, 2.24) is 25.3 Å². The maximum absolute atomic E-state index is 11.2. The van der Waals surface area contributed by atoms with E-state index in [1.807, 2.05) is 24.6 Å². The molecule has 2 heterocycles. The molecule has 20 heavy (non-hydrogen) atoms. The normalized spacial score (nSPS) is 11.0. The quantitative estimate of drug-likeness (QED) is 0.466. The van der Waals surface area contributed by atoms with Crippen molar-refractivity contribution < 1.29 is 4.79 Å². The summed E-state index contributed by atoms with van der Waals surface area (Å²) < 4.78 is 2.41. The Labute approximate surface area is 125 Å². The summed E-state index contributed by atoms with van der Waals surface area (Å²) >= 11 is 7.46. The van der Waals surface area contributed by atoms with E-state index in [0.29, 0.717) is 6.54 Å². The molecule has 0 radical (unpaired) electrons. The van der Waals surface area contributed by atoms with E-state index in [9.17, 15) is 4.79 Å². The second-order valence-corrected chi connectivity index (χ2v) is 6.08. The third-order valence-electron chi connectivity index (χ3n) is 2.67. The van der Waals surface area contributed by atoms with Crippen molar-refractivity contribution in [3.8, 4) is 0 Å². The van der Waals surface area contributed by atoms with Crippen LogP contribution in [0.2, 0.25) is 4.34 Å². The van der Waals surface area contributed by atoms with Gasteiger partial charge >= 0.3 is 0 Å². The van der Waals surface area contributed by atoms with Crippen molar-refractivity contribution in [3.05, 3.63) is 33.2 Å². The van der Waals surface area contributed by atoms with Gasteiger partial charge in [0, 0.05) is 18.0 Å². The Morgan fingerprint density at radius 3 is 3.05 bits per heavy atom. The molecule has 0 bridgehead atoms. The first kappa shape index (κ1) is 14.9. The molecule has 2 aromatic rings. The summed E-state index contributed by atoms with van der Waals surface area (Å²) in [5.74, 6) is 4.58. The average molecular weight is 315 g/mol. The molecule has 1 amide bonds. The fourth-order valence-corrected chi connectivity index (χ4v) is 2.81. The summed E-state index contributed by atoms with van der Waals surface area (Å²) in [4.78, 5) is 14.6. The lowest BCUT2D eigenvalue weighted by molar-refractivity contribution is 0.0948. The Morgan fingerprint density at radius 1 is 1.60 bits per heavy atom. The Kier molecular flexibility index (Phi) is 5.07. The monoisotopic (exact) mass is 314 g/mol. The molecule has 0 saturated carbocycles. The van der Waals surface area contributed by atoms with Crippen molar-refractivity contribution in [2.45, 2.75) is 13.1 Å². The highest BCUT2D eigenvalue weighted by Crippen LogP contribution is 2.22. The molecule has 0 aliphatic rings. The number of carbonyl (C=O) groups excluding carboxylic acids is 1. The van der Waals surface area contributed by atoms with Crippen LogP contribution in [-0.4, -0.2) is 39.4 Å². The number of carbonyl (C=O) groups is 1. The van der Waals surface area contributed by atoms with Gasteiger partial charge in [0.05, 0.1) is 17.1 Å². The van der Waals surface area contributed by atoms with Gasteiger partial charge in [-0.25, -0.2) is 5.84 Å². The molecule has 9 heteroatoms. The number of thiophene rings is 1. The number of nitrogen functional groups attached to an aromatic ring is 1. The van der Waals surface area contributed by atoms with Crippen LogP contribution in [0.25, 0.3) is 0 Å². The van der Waals surface area contributed by atoms with Crippen molar-refractivity contribution in [1.29, 1.82) is 0 Å². The van der Waals surface area contributed by atoms with E-state index in [1.54, 1.807) is 22.2 Å². The molecule has 0 saturated heterocycles. The number of aromatic nitrogens is 3. The van der Waals surface area contributed by atoms with Crippen LogP contribution in [0.1, 0.15) is 15.4 Å². The molecule has 0 atom stereocenters. The van der Waals surface area contributed by atoms with Crippen LogP contribution in [0.5, 0.6) is 0 Å². The van der Waals surface area contributed by atoms with Gasteiger partial charge in [0.1, 0.15) is 0 Å². The first-order chi connectivity index (χ1) is 9.58. The highest BCUT2D eigenvalue weighted by Gasteiger charge is 2.09. The average Bonchev–Trinajstić information content (AvgIpc) is 3.05. The number of nitrogens with two attached hydrogens (primary N) is 1. The minimum atomic E-state index is -0.446. The van der Waals surface area contributed by atoms with Crippen LogP contribution < -0.4 is 11.3 Å². The minimum Gasteiger partial charge on any atom is -0.299 e. The van der Waals surface area contributed by atoms with Crippen molar-refractivity contribution in [2.75, 3.05) is 13.6 Å². The Hall–Kier alpha value is -1.48. The lowest BCUT2D eigenvalue weighted by Crippen LogP contribution is -2.30. The largest absolute Gasteiger partial charge is 0.299 e. The van der Waals surface area contributed by atoms with E-state index in [4.69, 9.17) is 17.4 Å². The van der Waals surface area contributed by atoms with Crippen molar-refractivity contribution in [2.24, 2.45) is 5.84 Å². The molecule has 0 fully saturated rings. The van der Waals surface area contributed by atoms with Gasteiger partial charge in [-0.15, -0.1) is 16.4 Å². The molecule has 0 spiro atoms. The zero-order valence-electron chi connectivity index (χ0n) is 10.9. The van der Waals surface area contributed by atoms with Crippen LogP contribution >= 0.6 is 22.9 Å². The van der Waals surface area contributed by atoms with Gasteiger partial charge in [0.25, 0.3) is 5.91 Å². The summed E-state index contributed by atoms with van der Waals surface area (Å²) in [6, 6.07) is 3.91. The maximum Gasteiger partial charge on any atom is 0.287 e. The third-order valence-corrected chi connectivity index (χ3v) is 3.88. The number of nitrogens with one attached hydrogen (secondary N) is 1. The predicted molar refractivity (Wildman–Crippen MR) is 77.3 cm³/mol. The van der Waals surface area contributed by atoms with Gasteiger partial charge in [0.2, 0.25) is 0 Å². The number of likely N-dealkylation sites (N-methyl/N-ethyl adjacent to an activating group) is 1. The molecule has 7 nitrogen and oxygen atoms in total. The Morgan fingerprint density at radius 2 is 2.40 bits per heavy atom. The highest BCUT2D eigenvalue weighted by atomic mass is 35.5. The van der Waals surface area contributed by atoms with Crippen LogP contribution in [0.3, 0.4) is 0 Å². The number of hydrogen-bond acceptors (Lipinski definition) is 6. The molecule has 0 aliphatic carbocycles. The maximum atomic E-state index is 11.2. The van der Waals surface area contributed by atoms with Gasteiger partial charge in [-0.1, -0.05) is 16.8 Å². The Bertz CT molecular complexity index is 583. The fourth-order valence-electron chi connectivity index (χ4n) is 1.64. The summed E-state index contributed by atoms with van der Waals surface area (Å²) in [5.41, 5.74) is 2.23. The van der Waals surface area contributed by atoms with Gasteiger partial charge in [-0.05, 0) is 19.2 Å². The number of hydrazine groups is 1. The summed E-state index contributed by atoms with van der Waals surface area (Å²) in [7, 11) is 2.01. The number of nitrogens with zero attached hydrogens (tertiary/aromatic N) is 4. The SMILES string of the molecule is CN(CCn1cc(C(=O)NN)nn1)Cc1ccc(Cl)s1. The number of halogens is 1. The molecular weight excluding hydrogens is 300 g/mol. The first-order valence-electron chi connectivity index (χ1n) is 5.92. The number of rotatable bonds is 6. The van der Waals surface area contributed by atoms with E-state index in [-0.39, 0.29) is 5.69 Å². The molecule has 3 N–H and O–H groups in total. The van der Waals surface area contributed by atoms with Gasteiger partial charge in [-0.2, -0.15) is 0 Å². The topological polar surface area (TPSA) is 89.1 Å². The molecule has 108 valence electrons. The Balaban J connectivity index is 1.82. The highest BCUT2D eigenvalue weighted by molar-refractivity contribution is 7.16. The summed E-state index contributed by atoms with van der Waals surface area (Å²) in [6.45, 7) is 2.24. The molecule has 0 aromatic carbocycles. The van der Waals surface area contributed by atoms with E-state index in [1.165, 1.54) is 4.88 Å². The van der Waals surface area contributed by atoms with Gasteiger partial charge < -0.3 is 0 Å². The summed E-state index contributed by atoms with van der Waals surface area (Å²) in [5, 5.41) is 7.61. The molecular formula is C11H15ClN6OS. The number of amides is 1. The minimum absolute atomic E-state index is 0.209. The van der Waals surface area contributed by atoms with E-state index in [2.05, 4.69) is 15.2 Å². The third kappa shape index (κ3) is 4.01. The lowest BCUT2D eigenvalue weighted by Gasteiger charge is -2.14. The first-order valence-corrected chi connectivity index (χ1v) is 7.12. The fraction of sp³-hybridized carbons (Fsp3) is 0.364. The van der Waals surface area contributed by atoms with Crippen LogP contribution in [0.4, 0.5) is 0 Å². The van der Waals surface area contributed by atoms with Crippen LogP contribution in [-0.2, 0) is 13.1 Å².